The first kappa shape index (κ1) is 25.0. The van der Waals surface area contributed by atoms with Gasteiger partial charge in [0.05, 0.1) is 11.0 Å². The third-order valence-corrected chi connectivity index (χ3v) is 7.36. The average Bonchev–Trinajstić information content (AvgIpc) is 2.73. The molecule has 0 amide bonds. The van der Waals surface area contributed by atoms with Crippen LogP contribution in [-0.2, 0) is 23.8 Å². The second kappa shape index (κ2) is 10.3. The minimum absolute atomic E-state index is 0.0133. The Morgan fingerprint density at radius 2 is 1.71 bits per heavy atom. The van der Waals surface area contributed by atoms with Crippen LogP contribution < -0.4 is 4.74 Å². The standard InChI is InChI=1S/C23H28O6S2/c1-16-7-13-22(14-8-16)31(25,26)29-19(4)23(5,17(2)24)18(3)27-15-28-20-9-11-21(30-6)12-10-20/h7-14,19H,3,15H2,1-2,4-6H3. The van der Waals surface area contributed by atoms with E-state index in [2.05, 4.69) is 6.58 Å². The fourth-order valence-corrected chi connectivity index (χ4v) is 4.31. The Kier molecular flexibility index (Phi) is 8.34. The molecule has 2 aromatic rings. The fourth-order valence-electron chi connectivity index (χ4n) is 2.75. The molecule has 2 aromatic carbocycles. The highest BCUT2D eigenvalue weighted by atomic mass is 32.2. The van der Waals surface area contributed by atoms with Crippen LogP contribution in [-0.4, -0.2) is 33.4 Å². The van der Waals surface area contributed by atoms with Gasteiger partial charge in [-0.2, -0.15) is 8.42 Å². The number of hydrogen-bond acceptors (Lipinski definition) is 7. The van der Waals surface area contributed by atoms with Crippen molar-refractivity contribution >= 4 is 27.7 Å². The predicted molar refractivity (Wildman–Crippen MR) is 122 cm³/mol. The van der Waals surface area contributed by atoms with Gasteiger partial charge in [0, 0.05) is 4.90 Å². The summed E-state index contributed by atoms with van der Waals surface area (Å²) >= 11 is 1.62. The number of Topliss-reactive ketones (excluding diaryl/α,β-unsaturated/α-hetero) is 1. The molecule has 2 rings (SSSR count). The molecule has 0 saturated heterocycles. The molecule has 0 N–H and O–H groups in total. The quantitative estimate of drug-likeness (QED) is 0.201. The number of carbonyl (C=O) groups is 1. The maximum absolute atomic E-state index is 12.7. The molecule has 0 spiro atoms. The monoisotopic (exact) mass is 464 g/mol. The molecule has 8 heteroatoms. The zero-order chi connectivity index (χ0) is 23.2. The van der Waals surface area contributed by atoms with Crippen LogP contribution in [0.2, 0.25) is 0 Å². The molecule has 0 aliphatic rings. The van der Waals surface area contributed by atoms with Crippen molar-refractivity contribution in [1.82, 2.24) is 0 Å². The van der Waals surface area contributed by atoms with Crippen LogP contribution in [0.15, 0.2) is 70.7 Å². The smallest absolute Gasteiger partial charge is 0.297 e. The van der Waals surface area contributed by atoms with Crippen molar-refractivity contribution in [3.8, 4) is 5.75 Å². The number of carbonyl (C=O) groups excluding carboxylic acids is 1. The van der Waals surface area contributed by atoms with Gasteiger partial charge < -0.3 is 9.47 Å². The van der Waals surface area contributed by atoms with Gasteiger partial charge in [0.1, 0.15) is 22.7 Å². The lowest BCUT2D eigenvalue weighted by Gasteiger charge is -2.33. The van der Waals surface area contributed by atoms with Crippen molar-refractivity contribution < 1.29 is 26.9 Å². The molecule has 168 valence electrons. The largest absolute Gasteiger partial charge is 0.461 e. The number of ketones is 1. The first-order valence-electron chi connectivity index (χ1n) is 9.60. The van der Waals surface area contributed by atoms with Gasteiger partial charge in [0.15, 0.2) is 0 Å². The van der Waals surface area contributed by atoms with E-state index in [4.69, 9.17) is 13.7 Å². The zero-order valence-electron chi connectivity index (χ0n) is 18.4. The minimum Gasteiger partial charge on any atom is -0.461 e. The summed E-state index contributed by atoms with van der Waals surface area (Å²) in [5.74, 6) is 0.321. The van der Waals surface area contributed by atoms with Crippen LogP contribution >= 0.6 is 11.8 Å². The van der Waals surface area contributed by atoms with E-state index in [1.807, 2.05) is 37.4 Å². The third kappa shape index (κ3) is 6.12. The summed E-state index contributed by atoms with van der Waals surface area (Å²) in [7, 11) is -4.08. The molecular formula is C23H28O6S2. The Morgan fingerprint density at radius 3 is 2.23 bits per heavy atom. The minimum atomic E-state index is -4.08. The fraction of sp³-hybridized carbons (Fsp3) is 0.348. The van der Waals surface area contributed by atoms with E-state index in [0.29, 0.717) is 5.75 Å². The Bertz CT molecular complexity index is 1010. The highest BCUT2D eigenvalue weighted by molar-refractivity contribution is 7.98. The Balaban J connectivity index is 2.08. The highest BCUT2D eigenvalue weighted by Gasteiger charge is 2.44. The summed E-state index contributed by atoms with van der Waals surface area (Å²) in [5.41, 5.74) is -0.477. The van der Waals surface area contributed by atoms with Crippen LogP contribution in [0.1, 0.15) is 26.3 Å². The zero-order valence-corrected chi connectivity index (χ0v) is 20.0. The summed E-state index contributed by atoms with van der Waals surface area (Å²) in [6, 6.07) is 13.7. The van der Waals surface area contributed by atoms with Crippen molar-refractivity contribution in [3.05, 3.63) is 66.4 Å². The van der Waals surface area contributed by atoms with E-state index in [1.54, 1.807) is 30.8 Å². The van der Waals surface area contributed by atoms with Gasteiger partial charge in [0.2, 0.25) is 6.79 Å². The normalized spacial score (nSPS) is 14.4. The molecule has 0 bridgehead atoms. The van der Waals surface area contributed by atoms with E-state index >= 15 is 0 Å². The number of ether oxygens (including phenoxy) is 2. The SMILES string of the molecule is C=C(OCOc1ccc(SC)cc1)C(C)(C(C)=O)C(C)OS(=O)(=O)c1ccc(C)cc1. The number of aryl methyl sites for hydroxylation is 1. The number of hydrogen-bond donors (Lipinski definition) is 0. The lowest BCUT2D eigenvalue weighted by molar-refractivity contribution is -0.131. The summed E-state index contributed by atoms with van der Waals surface area (Å²) in [6.45, 7) is 9.90. The summed E-state index contributed by atoms with van der Waals surface area (Å²) < 4.78 is 41.8. The van der Waals surface area contributed by atoms with Crippen molar-refractivity contribution in [2.45, 2.75) is 43.6 Å². The van der Waals surface area contributed by atoms with E-state index in [1.165, 1.54) is 26.0 Å². The molecule has 0 aliphatic heterocycles. The maximum Gasteiger partial charge on any atom is 0.297 e. The van der Waals surface area contributed by atoms with Gasteiger partial charge in [-0.25, -0.2) is 0 Å². The van der Waals surface area contributed by atoms with Crippen molar-refractivity contribution in [3.63, 3.8) is 0 Å². The molecule has 0 heterocycles. The first-order chi connectivity index (χ1) is 14.5. The third-order valence-electron chi connectivity index (χ3n) is 5.22. The Hall–Kier alpha value is -2.29. The van der Waals surface area contributed by atoms with E-state index < -0.39 is 21.6 Å². The van der Waals surface area contributed by atoms with Crippen molar-refractivity contribution in [2.24, 2.45) is 5.41 Å². The Labute approximate surface area is 188 Å². The molecule has 0 fully saturated rings. The van der Waals surface area contributed by atoms with Gasteiger partial charge in [-0.3, -0.25) is 8.98 Å². The van der Waals surface area contributed by atoms with Crippen molar-refractivity contribution in [1.29, 1.82) is 0 Å². The molecule has 6 nitrogen and oxygen atoms in total. The summed E-state index contributed by atoms with van der Waals surface area (Å²) in [5, 5.41) is 0. The summed E-state index contributed by atoms with van der Waals surface area (Å²) in [6.07, 6.45) is 0.929. The van der Waals surface area contributed by atoms with Crippen LogP contribution in [0.5, 0.6) is 5.75 Å². The highest BCUT2D eigenvalue weighted by Crippen LogP contribution is 2.35. The average molecular weight is 465 g/mol. The number of benzene rings is 2. The predicted octanol–water partition coefficient (Wildman–Crippen LogP) is 4.97. The lowest BCUT2D eigenvalue weighted by Crippen LogP contribution is -2.42. The van der Waals surface area contributed by atoms with Gasteiger partial charge in [-0.1, -0.05) is 24.3 Å². The Morgan fingerprint density at radius 1 is 1.13 bits per heavy atom. The molecule has 0 radical (unpaired) electrons. The van der Waals surface area contributed by atoms with Crippen LogP contribution in [0.4, 0.5) is 0 Å². The van der Waals surface area contributed by atoms with E-state index in [9.17, 15) is 13.2 Å². The second-order valence-electron chi connectivity index (χ2n) is 7.27. The maximum atomic E-state index is 12.7. The van der Waals surface area contributed by atoms with E-state index in [-0.39, 0.29) is 23.2 Å². The lowest BCUT2D eigenvalue weighted by atomic mass is 9.79. The molecule has 2 atom stereocenters. The second-order valence-corrected chi connectivity index (χ2v) is 9.72. The van der Waals surface area contributed by atoms with Crippen molar-refractivity contribution in [2.75, 3.05) is 13.0 Å². The van der Waals surface area contributed by atoms with Gasteiger partial charge in [-0.15, -0.1) is 11.8 Å². The first-order valence-corrected chi connectivity index (χ1v) is 12.2. The topological polar surface area (TPSA) is 78.9 Å². The number of thioether (sulfide) groups is 1. The molecule has 0 aliphatic carbocycles. The van der Waals surface area contributed by atoms with E-state index in [0.717, 1.165) is 10.5 Å². The molecular weight excluding hydrogens is 436 g/mol. The van der Waals surface area contributed by atoms with Crippen LogP contribution in [0.25, 0.3) is 0 Å². The molecule has 0 aromatic heterocycles. The van der Waals surface area contributed by atoms with Crippen LogP contribution in [0.3, 0.4) is 0 Å². The van der Waals surface area contributed by atoms with Gasteiger partial charge in [0.25, 0.3) is 10.1 Å². The van der Waals surface area contributed by atoms with Crippen LogP contribution in [0, 0.1) is 12.3 Å². The molecule has 0 saturated carbocycles. The van der Waals surface area contributed by atoms with Gasteiger partial charge in [-0.05, 0) is 70.3 Å². The summed E-state index contributed by atoms with van der Waals surface area (Å²) in [4.78, 5) is 13.6. The molecule has 2 unspecified atom stereocenters. The molecule has 31 heavy (non-hydrogen) atoms. The van der Waals surface area contributed by atoms with Gasteiger partial charge >= 0.3 is 0 Å². The number of rotatable bonds is 11.